The molecule has 0 aliphatic carbocycles. The van der Waals surface area contributed by atoms with Gasteiger partial charge in [0.15, 0.2) is 0 Å². The predicted molar refractivity (Wildman–Crippen MR) is 87.7 cm³/mol. The molecule has 0 bridgehead atoms. The highest BCUT2D eigenvalue weighted by Gasteiger charge is 2.33. The fourth-order valence-corrected chi connectivity index (χ4v) is 3.91. The largest absolute Gasteiger partial charge is 0.376 e. The minimum absolute atomic E-state index is 0.00837. The average Bonchev–Trinajstić information content (AvgIpc) is 2.55. The van der Waals surface area contributed by atoms with E-state index in [0.29, 0.717) is 18.9 Å². The van der Waals surface area contributed by atoms with Crippen LogP contribution in [0, 0.1) is 17.7 Å². The van der Waals surface area contributed by atoms with Gasteiger partial charge in [0.05, 0.1) is 6.10 Å². The van der Waals surface area contributed by atoms with Gasteiger partial charge in [0.25, 0.3) is 0 Å². The van der Waals surface area contributed by atoms with E-state index in [9.17, 15) is 8.78 Å². The Hall–Kier alpha value is -1.00. The Morgan fingerprint density at radius 1 is 1.26 bits per heavy atom. The fourth-order valence-electron chi connectivity index (χ4n) is 3.91. The maximum atomic E-state index is 13.8. The molecule has 128 valence electrons. The standard InChI is InChI=1S/C19H27F2NO/c1-14-17(20)8-10-23-19(14)13-22-9-4-5-15(12-22)11-16-6-2-3-7-18(16)21/h2-3,6-7,14-15,17,19H,4-5,8-13H2,1H3. The normalized spacial score (nSPS) is 32.8. The first-order valence-electron chi connectivity index (χ1n) is 8.85. The summed E-state index contributed by atoms with van der Waals surface area (Å²) in [6.07, 6.45) is 2.82. The van der Waals surface area contributed by atoms with Gasteiger partial charge >= 0.3 is 0 Å². The zero-order valence-electron chi connectivity index (χ0n) is 13.9. The molecule has 0 spiro atoms. The van der Waals surface area contributed by atoms with Crippen molar-refractivity contribution in [1.82, 2.24) is 4.90 Å². The lowest BCUT2D eigenvalue weighted by atomic mass is 9.89. The minimum Gasteiger partial charge on any atom is -0.376 e. The van der Waals surface area contributed by atoms with Gasteiger partial charge in [0.1, 0.15) is 12.0 Å². The minimum atomic E-state index is -0.743. The van der Waals surface area contributed by atoms with E-state index in [1.807, 2.05) is 19.1 Å². The molecule has 2 nitrogen and oxygen atoms in total. The molecular formula is C19H27F2NO. The zero-order chi connectivity index (χ0) is 16.2. The first kappa shape index (κ1) is 16.8. The summed E-state index contributed by atoms with van der Waals surface area (Å²) in [4.78, 5) is 2.38. The van der Waals surface area contributed by atoms with E-state index < -0.39 is 6.17 Å². The van der Waals surface area contributed by atoms with Crippen molar-refractivity contribution in [2.24, 2.45) is 11.8 Å². The van der Waals surface area contributed by atoms with Crippen LogP contribution in [-0.4, -0.2) is 43.4 Å². The predicted octanol–water partition coefficient (Wildman–Crippen LogP) is 3.84. The number of ether oxygens (including phenoxy) is 1. The smallest absolute Gasteiger partial charge is 0.126 e. The molecule has 0 radical (unpaired) electrons. The van der Waals surface area contributed by atoms with Crippen LogP contribution in [0.25, 0.3) is 0 Å². The molecule has 4 atom stereocenters. The summed E-state index contributed by atoms with van der Waals surface area (Å²) in [5, 5.41) is 0. The zero-order valence-corrected chi connectivity index (χ0v) is 13.9. The van der Waals surface area contributed by atoms with Gasteiger partial charge in [-0.05, 0) is 43.4 Å². The van der Waals surface area contributed by atoms with Gasteiger partial charge in [0.2, 0.25) is 0 Å². The van der Waals surface area contributed by atoms with Gasteiger partial charge in [-0.25, -0.2) is 8.78 Å². The number of rotatable bonds is 4. The second-order valence-electron chi connectivity index (χ2n) is 7.14. The van der Waals surface area contributed by atoms with E-state index in [4.69, 9.17) is 4.74 Å². The van der Waals surface area contributed by atoms with Crippen molar-refractivity contribution in [3.05, 3.63) is 35.6 Å². The summed E-state index contributed by atoms with van der Waals surface area (Å²) in [5.74, 6) is 0.338. The Kier molecular flexibility index (Phi) is 5.65. The number of likely N-dealkylation sites (tertiary alicyclic amines) is 1. The summed E-state index contributed by atoms with van der Waals surface area (Å²) < 4.78 is 33.5. The Labute approximate surface area is 137 Å². The maximum Gasteiger partial charge on any atom is 0.126 e. The van der Waals surface area contributed by atoms with Crippen LogP contribution in [0.2, 0.25) is 0 Å². The topological polar surface area (TPSA) is 12.5 Å². The third-order valence-electron chi connectivity index (χ3n) is 5.39. The van der Waals surface area contributed by atoms with Crippen LogP contribution in [0.15, 0.2) is 24.3 Å². The van der Waals surface area contributed by atoms with E-state index in [-0.39, 0.29) is 17.8 Å². The van der Waals surface area contributed by atoms with E-state index in [1.54, 1.807) is 6.07 Å². The van der Waals surface area contributed by atoms with Gasteiger partial charge in [-0.1, -0.05) is 25.1 Å². The highest BCUT2D eigenvalue weighted by Crippen LogP contribution is 2.27. The molecule has 0 saturated carbocycles. The van der Waals surface area contributed by atoms with Gasteiger partial charge in [-0.3, -0.25) is 0 Å². The van der Waals surface area contributed by atoms with Gasteiger partial charge in [-0.15, -0.1) is 0 Å². The van der Waals surface area contributed by atoms with Crippen molar-refractivity contribution >= 4 is 0 Å². The molecule has 0 amide bonds. The second-order valence-corrected chi connectivity index (χ2v) is 7.14. The first-order chi connectivity index (χ1) is 11.1. The number of nitrogens with zero attached hydrogens (tertiary/aromatic N) is 1. The molecule has 2 saturated heterocycles. The monoisotopic (exact) mass is 323 g/mol. The quantitative estimate of drug-likeness (QED) is 0.835. The number of piperidine rings is 1. The number of alkyl halides is 1. The number of hydrogen-bond acceptors (Lipinski definition) is 2. The number of benzene rings is 1. The fraction of sp³-hybridized carbons (Fsp3) is 0.684. The SMILES string of the molecule is CC1C(F)CCOC1CN1CCCC(Cc2ccccc2F)C1. The van der Waals surface area contributed by atoms with Crippen LogP contribution in [0.4, 0.5) is 8.78 Å². The molecule has 1 aromatic rings. The molecule has 0 N–H and O–H groups in total. The second kappa shape index (κ2) is 7.71. The van der Waals surface area contributed by atoms with Crippen LogP contribution < -0.4 is 0 Å². The molecular weight excluding hydrogens is 296 g/mol. The van der Waals surface area contributed by atoms with E-state index >= 15 is 0 Å². The van der Waals surface area contributed by atoms with Crippen molar-refractivity contribution in [3.8, 4) is 0 Å². The summed E-state index contributed by atoms with van der Waals surface area (Å²) in [5.41, 5.74) is 0.811. The third-order valence-corrected chi connectivity index (χ3v) is 5.39. The van der Waals surface area contributed by atoms with Crippen LogP contribution in [0.3, 0.4) is 0 Å². The Bertz CT molecular complexity index is 510. The highest BCUT2D eigenvalue weighted by atomic mass is 19.1. The number of hydrogen-bond donors (Lipinski definition) is 0. The third kappa shape index (κ3) is 4.30. The van der Waals surface area contributed by atoms with Crippen LogP contribution in [-0.2, 0) is 11.2 Å². The molecule has 23 heavy (non-hydrogen) atoms. The molecule has 2 fully saturated rings. The van der Waals surface area contributed by atoms with Crippen molar-refractivity contribution in [2.45, 2.75) is 44.9 Å². The van der Waals surface area contributed by atoms with E-state index in [1.165, 1.54) is 6.07 Å². The lowest BCUT2D eigenvalue weighted by Gasteiger charge is -2.39. The summed E-state index contributed by atoms with van der Waals surface area (Å²) >= 11 is 0. The Morgan fingerprint density at radius 3 is 2.91 bits per heavy atom. The molecule has 2 aliphatic heterocycles. The molecule has 2 aliphatic rings. The molecule has 0 aromatic heterocycles. The van der Waals surface area contributed by atoms with E-state index in [2.05, 4.69) is 4.90 Å². The van der Waals surface area contributed by atoms with Crippen LogP contribution >= 0.6 is 0 Å². The Balaban J connectivity index is 1.55. The first-order valence-corrected chi connectivity index (χ1v) is 8.85. The van der Waals surface area contributed by atoms with Gasteiger partial charge in [-0.2, -0.15) is 0 Å². The highest BCUT2D eigenvalue weighted by molar-refractivity contribution is 5.18. The van der Waals surface area contributed by atoms with E-state index in [0.717, 1.165) is 44.5 Å². The van der Waals surface area contributed by atoms with Crippen LogP contribution in [0.5, 0.6) is 0 Å². The maximum absolute atomic E-state index is 13.8. The van der Waals surface area contributed by atoms with Gasteiger partial charge in [0, 0.05) is 32.0 Å². The number of halogens is 2. The summed E-state index contributed by atoms with van der Waals surface area (Å²) in [6, 6.07) is 7.06. The Morgan fingerprint density at radius 2 is 2.09 bits per heavy atom. The lowest BCUT2D eigenvalue weighted by Crippen LogP contribution is -2.47. The van der Waals surface area contributed by atoms with Crippen molar-refractivity contribution < 1.29 is 13.5 Å². The molecule has 1 aromatic carbocycles. The van der Waals surface area contributed by atoms with Crippen molar-refractivity contribution in [2.75, 3.05) is 26.2 Å². The summed E-state index contributed by atoms with van der Waals surface area (Å²) in [7, 11) is 0. The molecule has 3 rings (SSSR count). The molecule has 4 unspecified atom stereocenters. The molecule has 4 heteroatoms. The molecule has 2 heterocycles. The average molecular weight is 323 g/mol. The van der Waals surface area contributed by atoms with Crippen molar-refractivity contribution in [1.29, 1.82) is 0 Å². The lowest BCUT2D eigenvalue weighted by molar-refractivity contribution is -0.0759. The van der Waals surface area contributed by atoms with Crippen molar-refractivity contribution in [3.63, 3.8) is 0 Å². The van der Waals surface area contributed by atoms with Gasteiger partial charge < -0.3 is 9.64 Å². The van der Waals surface area contributed by atoms with Crippen LogP contribution in [0.1, 0.15) is 31.7 Å². The summed E-state index contributed by atoms with van der Waals surface area (Å²) in [6.45, 7) is 5.28.